The summed E-state index contributed by atoms with van der Waals surface area (Å²) < 4.78 is 35.2. The first-order chi connectivity index (χ1) is 13.2. The third-order valence-corrected chi connectivity index (χ3v) is 6.63. The Hall–Kier alpha value is -2.81. The molecule has 9 heteroatoms. The van der Waals surface area contributed by atoms with Crippen molar-refractivity contribution >= 4 is 26.9 Å². The molecule has 1 aromatic carbocycles. The van der Waals surface area contributed by atoms with Gasteiger partial charge in [0.05, 0.1) is 23.5 Å². The molecule has 0 spiro atoms. The number of carbonyl (C=O) groups is 1. The van der Waals surface area contributed by atoms with Gasteiger partial charge in [0.1, 0.15) is 10.6 Å². The van der Waals surface area contributed by atoms with Crippen molar-refractivity contribution in [2.75, 3.05) is 6.61 Å². The van der Waals surface area contributed by atoms with E-state index in [1.807, 2.05) is 6.92 Å². The van der Waals surface area contributed by atoms with Crippen LogP contribution < -0.4 is 4.74 Å². The zero-order valence-corrected chi connectivity index (χ0v) is 17.1. The zero-order valence-electron chi connectivity index (χ0n) is 16.3. The Labute approximate surface area is 163 Å². The third kappa shape index (κ3) is 3.37. The lowest BCUT2D eigenvalue weighted by Crippen LogP contribution is -2.14. The van der Waals surface area contributed by atoms with E-state index < -0.39 is 16.0 Å². The number of aryl methyl sites for hydroxylation is 3. The summed E-state index contributed by atoms with van der Waals surface area (Å²) in [4.78, 5) is 11.2. The number of hydrogen-bond acceptors (Lipinski definition) is 5. The Balaban J connectivity index is 2.26. The first kappa shape index (κ1) is 19.9. The van der Waals surface area contributed by atoms with Crippen LogP contribution in [0, 0.1) is 13.8 Å². The summed E-state index contributed by atoms with van der Waals surface area (Å²) in [7, 11) is -2.23. The SMILES string of the molecule is CCOc1ccc2c(CCC(=O)O)cn(S(=O)(=O)c3c(C)nn(C)c3C)c2c1. The van der Waals surface area contributed by atoms with E-state index in [4.69, 9.17) is 9.84 Å². The second kappa shape index (κ2) is 7.31. The summed E-state index contributed by atoms with van der Waals surface area (Å²) >= 11 is 0. The third-order valence-electron chi connectivity index (χ3n) is 4.70. The normalized spacial score (nSPS) is 11.9. The average Bonchev–Trinajstić information content (AvgIpc) is 3.10. The molecular weight excluding hydrogens is 382 g/mol. The van der Waals surface area contributed by atoms with Gasteiger partial charge in [0.2, 0.25) is 0 Å². The van der Waals surface area contributed by atoms with E-state index in [-0.39, 0.29) is 17.7 Å². The van der Waals surface area contributed by atoms with E-state index in [1.54, 1.807) is 39.1 Å². The molecule has 0 fully saturated rings. The molecule has 2 heterocycles. The molecule has 0 saturated carbocycles. The van der Waals surface area contributed by atoms with Crippen molar-refractivity contribution < 1.29 is 23.1 Å². The van der Waals surface area contributed by atoms with Crippen LogP contribution >= 0.6 is 0 Å². The molecule has 3 rings (SSSR count). The molecule has 0 saturated heterocycles. The Bertz CT molecular complexity index is 1160. The molecule has 0 amide bonds. The average molecular weight is 405 g/mol. The number of aliphatic carboxylic acids is 1. The predicted octanol–water partition coefficient (Wildman–Crippen LogP) is 2.64. The summed E-state index contributed by atoms with van der Waals surface area (Å²) in [6.07, 6.45) is 1.65. The summed E-state index contributed by atoms with van der Waals surface area (Å²) in [5.41, 5.74) is 2.06. The molecule has 0 bridgehead atoms. The molecule has 0 aliphatic carbocycles. The van der Waals surface area contributed by atoms with Gasteiger partial charge in [0.15, 0.2) is 0 Å². The summed E-state index contributed by atoms with van der Waals surface area (Å²) in [5, 5.41) is 13.9. The van der Waals surface area contributed by atoms with Gasteiger partial charge in [-0.15, -0.1) is 0 Å². The lowest BCUT2D eigenvalue weighted by atomic mass is 10.1. The predicted molar refractivity (Wildman–Crippen MR) is 104 cm³/mol. The number of fused-ring (bicyclic) bond motifs is 1. The van der Waals surface area contributed by atoms with E-state index >= 15 is 0 Å². The van der Waals surface area contributed by atoms with Crippen molar-refractivity contribution in [1.29, 1.82) is 0 Å². The van der Waals surface area contributed by atoms with Crippen LogP contribution in [0.2, 0.25) is 0 Å². The van der Waals surface area contributed by atoms with E-state index in [2.05, 4.69) is 5.10 Å². The van der Waals surface area contributed by atoms with Crippen molar-refractivity contribution in [2.45, 2.75) is 38.5 Å². The van der Waals surface area contributed by atoms with Crippen LogP contribution in [0.25, 0.3) is 10.9 Å². The number of benzene rings is 1. The second-order valence-electron chi connectivity index (χ2n) is 6.58. The number of hydrogen-bond donors (Lipinski definition) is 1. The van der Waals surface area contributed by atoms with Gasteiger partial charge >= 0.3 is 5.97 Å². The van der Waals surface area contributed by atoms with Crippen LogP contribution in [0.15, 0.2) is 29.3 Å². The Morgan fingerprint density at radius 1 is 1.29 bits per heavy atom. The van der Waals surface area contributed by atoms with Crippen LogP contribution in [-0.4, -0.2) is 39.9 Å². The fourth-order valence-electron chi connectivity index (χ4n) is 3.37. The highest BCUT2D eigenvalue weighted by Gasteiger charge is 2.28. The highest BCUT2D eigenvalue weighted by Crippen LogP contribution is 2.31. The molecule has 150 valence electrons. The van der Waals surface area contributed by atoms with Crippen LogP contribution in [0.3, 0.4) is 0 Å². The monoisotopic (exact) mass is 405 g/mol. The van der Waals surface area contributed by atoms with Crippen molar-refractivity contribution in [3.63, 3.8) is 0 Å². The smallest absolute Gasteiger partial charge is 0.303 e. The minimum absolute atomic E-state index is 0.0860. The lowest BCUT2D eigenvalue weighted by molar-refractivity contribution is -0.136. The zero-order chi connectivity index (χ0) is 20.6. The minimum atomic E-state index is -3.93. The Morgan fingerprint density at radius 3 is 2.57 bits per heavy atom. The number of aromatic nitrogens is 3. The number of nitrogens with zero attached hydrogens (tertiary/aromatic N) is 3. The van der Waals surface area contributed by atoms with Crippen LogP contribution in [0.4, 0.5) is 0 Å². The fourth-order valence-corrected chi connectivity index (χ4v) is 5.16. The van der Waals surface area contributed by atoms with Gasteiger partial charge in [-0.05, 0) is 44.9 Å². The van der Waals surface area contributed by atoms with Gasteiger partial charge in [-0.1, -0.05) is 0 Å². The molecule has 0 aliphatic rings. The summed E-state index contributed by atoms with van der Waals surface area (Å²) in [6, 6.07) is 5.20. The minimum Gasteiger partial charge on any atom is -0.494 e. The van der Waals surface area contributed by atoms with Gasteiger partial charge in [0.25, 0.3) is 10.0 Å². The fraction of sp³-hybridized carbons (Fsp3) is 0.368. The highest BCUT2D eigenvalue weighted by atomic mass is 32.2. The summed E-state index contributed by atoms with van der Waals surface area (Å²) in [5.74, 6) is -0.386. The van der Waals surface area contributed by atoms with Gasteiger partial charge in [-0.25, -0.2) is 12.4 Å². The number of ether oxygens (including phenoxy) is 1. The molecule has 3 aromatic rings. The maximum atomic E-state index is 13.5. The van der Waals surface area contributed by atoms with Crippen molar-refractivity contribution in [3.8, 4) is 5.75 Å². The molecular formula is C19H23N3O5S. The van der Waals surface area contributed by atoms with Crippen molar-refractivity contribution in [2.24, 2.45) is 7.05 Å². The number of carboxylic acids is 1. The van der Waals surface area contributed by atoms with Gasteiger partial charge in [0, 0.05) is 31.1 Å². The molecule has 0 unspecified atom stereocenters. The molecule has 28 heavy (non-hydrogen) atoms. The topological polar surface area (TPSA) is 103 Å². The van der Waals surface area contributed by atoms with Crippen molar-refractivity contribution in [3.05, 3.63) is 41.3 Å². The van der Waals surface area contributed by atoms with Crippen LogP contribution in [0.5, 0.6) is 5.75 Å². The maximum absolute atomic E-state index is 13.5. The number of carboxylic acid groups (broad SMARTS) is 1. The first-order valence-electron chi connectivity index (χ1n) is 8.91. The maximum Gasteiger partial charge on any atom is 0.303 e. The molecule has 0 atom stereocenters. The van der Waals surface area contributed by atoms with E-state index in [1.165, 1.54) is 14.9 Å². The largest absolute Gasteiger partial charge is 0.494 e. The quantitative estimate of drug-likeness (QED) is 0.648. The molecule has 1 N–H and O–H groups in total. The van der Waals surface area contributed by atoms with Gasteiger partial charge in [-0.2, -0.15) is 5.10 Å². The highest BCUT2D eigenvalue weighted by molar-refractivity contribution is 7.90. The van der Waals surface area contributed by atoms with Crippen LogP contribution in [-0.2, 0) is 28.3 Å². The lowest BCUT2D eigenvalue weighted by Gasteiger charge is -2.09. The number of rotatable bonds is 7. The van der Waals surface area contributed by atoms with E-state index in [9.17, 15) is 13.2 Å². The standard InChI is InChI=1S/C19H23N3O5S/c1-5-27-15-7-8-16-14(6-9-18(23)24)11-22(17(16)10-15)28(25,26)19-12(2)20-21(4)13(19)3/h7-8,10-11H,5-6,9H2,1-4H3,(H,23,24). The molecule has 8 nitrogen and oxygen atoms in total. The summed E-state index contributed by atoms with van der Waals surface area (Å²) in [6.45, 7) is 5.66. The second-order valence-corrected chi connectivity index (χ2v) is 8.34. The van der Waals surface area contributed by atoms with Gasteiger partial charge in [-0.3, -0.25) is 9.48 Å². The van der Waals surface area contributed by atoms with E-state index in [0.717, 1.165) is 0 Å². The molecule has 0 aliphatic heterocycles. The van der Waals surface area contributed by atoms with Gasteiger partial charge < -0.3 is 9.84 Å². The van der Waals surface area contributed by atoms with Crippen LogP contribution in [0.1, 0.15) is 30.3 Å². The first-order valence-corrected chi connectivity index (χ1v) is 10.3. The Kier molecular flexibility index (Phi) is 5.20. The molecule has 2 aromatic heterocycles. The van der Waals surface area contributed by atoms with Crippen molar-refractivity contribution in [1.82, 2.24) is 13.8 Å². The Morgan fingerprint density at radius 2 is 2.00 bits per heavy atom. The van der Waals surface area contributed by atoms with E-state index in [0.29, 0.717) is 40.2 Å². The molecule has 0 radical (unpaired) electrons.